The van der Waals surface area contributed by atoms with Gasteiger partial charge in [0.1, 0.15) is 5.69 Å². The Hall–Kier alpha value is -2.18. The molecule has 3 N–H and O–H groups in total. The number of aryl methyl sites for hydroxylation is 1. The number of benzene rings is 1. The van der Waals surface area contributed by atoms with Gasteiger partial charge in [0.15, 0.2) is 17.3 Å². The molecule has 1 heterocycles. The van der Waals surface area contributed by atoms with E-state index in [1.165, 1.54) is 6.92 Å². The van der Waals surface area contributed by atoms with Crippen LogP contribution in [0.4, 0.5) is 0 Å². The Morgan fingerprint density at radius 2 is 1.81 bits per heavy atom. The van der Waals surface area contributed by atoms with E-state index < -0.39 is 0 Å². The Morgan fingerprint density at radius 1 is 1.12 bits per heavy atom. The van der Waals surface area contributed by atoms with Crippen LogP contribution in [0.25, 0.3) is 11.1 Å². The summed E-state index contributed by atoms with van der Waals surface area (Å²) in [6.45, 7) is 2.10. The number of hydrogen-bond donors (Lipinski definition) is 2. The molecule has 0 radical (unpaired) electrons. The quantitative estimate of drug-likeness (QED) is 0.509. The number of aromatic amines is 1. The van der Waals surface area contributed by atoms with Crippen LogP contribution in [0.1, 0.15) is 35.9 Å². The monoisotopic (exact) mass is 380 g/mol. The normalized spacial score (nSPS) is 10.7. The molecule has 0 aliphatic carbocycles. The lowest BCUT2D eigenvalue weighted by molar-refractivity contribution is 0.101. The summed E-state index contributed by atoms with van der Waals surface area (Å²) in [6.07, 6.45) is 2.48. The molecule has 0 atom stereocenters. The van der Waals surface area contributed by atoms with Gasteiger partial charge in [0, 0.05) is 23.7 Å². The Kier molecular flexibility index (Phi) is 6.94. The third-order valence-corrected chi connectivity index (χ3v) is 4.60. The lowest BCUT2D eigenvalue weighted by atomic mass is 10.0. The highest BCUT2D eigenvalue weighted by Crippen LogP contribution is 2.47. The van der Waals surface area contributed by atoms with E-state index in [1.807, 2.05) is 6.07 Å². The Morgan fingerprint density at radius 3 is 2.35 bits per heavy atom. The number of carbonyl (C=O) groups is 1. The summed E-state index contributed by atoms with van der Waals surface area (Å²) >= 11 is 6.57. The van der Waals surface area contributed by atoms with E-state index in [1.54, 1.807) is 27.4 Å². The van der Waals surface area contributed by atoms with E-state index >= 15 is 0 Å². The van der Waals surface area contributed by atoms with Crippen molar-refractivity contribution >= 4 is 17.4 Å². The SMILES string of the molecule is COc1ccc(-c2c(CCCCN)[nH]c(C(C)=O)c2Cl)c(OC)c1OC. The number of hydrogen-bond acceptors (Lipinski definition) is 5. The third-order valence-electron chi connectivity index (χ3n) is 4.22. The molecule has 0 saturated heterocycles. The molecule has 0 spiro atoms. The zero-order valence-corrected chi connectivity index (χ0v) is 16.3. The van der Waals surface area contributed by atoms with Gasteiger partial charge < -0.3 is 24.9 Å². The second-order valence-electron chi connectivity index (χ2n) is 5.85. The number of aromatic nitrogens is 1. The van der Waals surface area contributed by atoms with Gasteiger partial charge in [0.25, 0.3) is 0 Å². The fourth-order valence-corrected chi connectivity index (χ4v) is 3.38. The van der Waals surface area contributed by atoms with E-state index in [-0.39, 0.29) is 5.78 Å². The molecule has 0 aliphatic heterocycles. The highest BCUT2D eigenvalue weighted by molar-refractivity contribution is 6.36. The molecule has 1 aromatic carbocycles. The molecule has 6 nitrogen and oxygen atoms in total. The van der Waals surface area contributed by atoms with Crippen LogP contribution in [-0.2, 0) is 6.42 Å². The molecule has 0 bridgehead atoms. The van der Waals surface area contributed by atoms with Gasteiger partial charge in [-0.3, -0.25) is 4.79 Å². The molecule has 0 fully saturated rings. The van der Waals surface area contributed by atoms with Gasteiger partial charge in [-0.25, -0.2) is 0 Å². The maximum Gasteiger partial charge on any atom is 0.203 e. The minimum atomic E-state index is -0.124. The first-order valence-electron chi connectivity index (χ1n) is 8.40. The number of unbranched alkanes of at least 4 members (excludes halogenated alkanes) is 1. The average Bonchev–Trinajstić information content (AvgIpc) is 2.96. The summed E-state index contributed by atoms with van der Waals surface area (Å²) in [4.78, 5) is 15.1. The minimum absolute atomic E-state index is 0.124. The largest absolute Gasteiger partial charge is 0.493 e. The molecule has 2 aromatic rings. The van der Waals surface area contributed by atoms with Crippen LogP contribution in [0.2, 0.25) is 5.02 Å². The zero-order chi connectivity index (χ0) is 19.3. The first kappa shape index (κ1) is 20.1. The van der Waals surface area contributed by atoms with Crippen LogP contribution < -0.4 is 19.9 Å². The van der Waals surface area contributed by atoms with Gasteiger partial charge in [-0.15, -0.1) is 0 Å². The van der Waals surface area contributed by atoms with Gasteiger partial charge in [-0.1, -0.05) is 11.6 Å². The van der Waals surface area contributed by atoms with Crippen LogP contribution in [0.5, 0.6) is 17.2 Å². The van der Waals surface area contributed by atoms with Gasteiger partial charge in [0.05, 0.1) is 26.4 Å². The molecule has 0 amide bonds. The van der Waals surface area contributed by atoms with Gasteiger partial charge >= 0.3 is 0 Å². The fourth-order valence-electron chi connectivity index (χ4n) is 2.98. The third kappa shape index (κ3) is 3.81. The van der Waals surface area contributed by atoms with Crippen molar-refractivity contribution in [2.24, 2.45) is 5.73 Å². The number of ether oxygens (including phenoxy) is 3. The highest BCUT2D eigenvalue weighted by Gasteiger charge is 2.25. The summed E-state index contributed by atoms with van der Waals surface area (Å²) in [5, 5.41) is 0.380. The van der Waals surface area contributed by atoms with Crippen molar-refractivity contribution in [1.29, 1.82) is 0 Å². The molecule has 26 heavy (non-hydrogen) atoms. The van der Waals surface area contributed by atoms with Crippen molar-refractivity contribution in [1.82, 2.24) is 4.98 Å². The maximum atomic E-state index is 12.0. The second kappa shape index (κ2) is 8.96. The van der Waals surface area contributed by atoms with Crippen molar-refractivity contribution in [3.63, 3.8) is 0 Å². The number of nitrogens with two attached hydrogens (primary N) is 1. The van der Waals surface area contributed by atoms with E-state index in [2.05, 4.69) is 4.98 Å². The highest BCUT2D eigenvalue weighted by atomic mass is 35.5. The van der Waals surface area contributed by atoms with Crippen LogP contribution >= 0.6 is 11.6 Å². The first-order valence-corrected chi connectivity index (χ1v) is 8.78. The lowest BCUT2D eigenvalue weighted by Gasteiger charge is -2.16. The molecule has 0 unspecified atom stereocenters. The summed E-state index contributed by atoms with van der Waals surface area (Å²) in [7, 11) is 4.67. The summed E-state index contributed by atoms with van der Waals surface area (Å²) < 4.78 is 16.4. The zero-order valence-electron chi connectivity index (χ0n) is 15.6. The number of halogens is 1. The van der Waals surface area contributed by atoms with E-state index in [0.717, 1.165) is 36.1 Å². The van der Waals surface area contributed by atoms with E-state index in [0.29, 0.717) is 34.5 Å². The van der Waals surface area contributed by atoms with Gasteiger partial charge in [-0.2, -0.15) is 0 Å². The molecule has 0 aliphatic rings. The predicted molar refractivity (Wildman–Crippen MR) is 103 cm³/mol. The van der Waals surface area contributed by atoms with E-state index in [4.69, 9.17) is 31.5 Å². The van der Waals surface area contributed by atoms with Crippen LogP contribution in [0.15, 0.2) is 12.1 Å². The summed E-state index contributed by atoms with van der Waals surface area (Å²) in [5.74, 6) is 1.40. The Bertz CT molecular complexity index is 786. The summed E-state index contributed by atoms with van der Waals surface area (Å²) in [6, 6.07) is 3.64. The molecule has 1 aromatic heterocycles. The second-order valence-corrected chi connectivity index (χ2v) is 6.23. The maximum absolute atomic E-state index is 12.0. The first-order chi connectivity index (χ1) is 12.5. The number of H-pyrrole nitrogens is 1. The number of nitrogens with one attached hydrogen (secondary N) is 1. The standard InChI is InChI=1S/C19H25ClN2O4/c1-11(23)17-16(20)15(13(22-17)7-5-6-10-21)12-8-9-14(24-2)19(26-4)18(12)25-3/h8-9,22H,5-7,10,21H2,1-4H3. The molecule has 7 heteroatoms. The summed E-state index contributed by atoms with van der Waals surface area (Å²) in [5.41, 5.74) is 8.34. The van der Waals surface area contributed by atoms with E-state index in [9.17, 15) is 4.79 Å². The van der Waals surface area contributed by atoms with Crippen molar-refractivity contribution in [2.75, 3.05) is 27.9 Å². The number of ketones is 1. The van der Waals surface area contributed by atoms with Crippen LogP contribution in [-0.4, -0.2) is 38.6 Å². The van der Waals surface area contributed by atoms with Crippen molar-refractivity contribution < 1.29 is 19.0 Å². The molecular weight excluding hydrogens is 356 g/mol. The fraction of sp³-hybridized carbons (Fsp3) is 0.421. The van der Waals surface area contributed by atoms with Gasteiger partial charge in [-0.05, 0) is 37.9 Å². The van der Waals surface area contributed by atoms with Crippen LogP contribution in [0.3, 0.4) is 0 Å². The topological polar surface area (TPSA) is 86.6 Å². The number of Topliss-reactive ketones (excluding diaryl/α,β-unsaturated/α-hetero) is 1. The number of rotatable bonds is 9. The Balaban J connectivity index is 2.68. The molecular formula is C19H25ClN2O4. The van der Waals surface area contributed by atoms with Crippen molar-refractivity contribution in [2.45, 2.75) is 26.2 Å². The lowest BCUT2D eigenvalue weighted by Crippen LogP contribution is -2.01. The van der Waals surface area contributed by atoms with Crippen LogP contribution in [0, 0.1) is 0 Å². The predicted octanol–water partition coefficient (Wildman–Crippen LogP) is 3.84. The van der Waals surface area contributed by atoms with Crippen molar-refractivity contribution in [3.8, 4) is 28.4 Å². The number of carbonyl (C=O) groups excluding carboxylic acids is 1. The molecule has 142 valence electrons. The van der Waals surface area contributed by atoms with Gasteiger partial charge in [0.2, 0.25) is 5.75 Å². The smallest absolute Gasteiger partial charge is 0.203 e. The minimum Gasteiger partial charge on any atom is -0.493 e. The molecule has 2 rings (SSSR count). The van der Waals surface area contributed by atoms with Crippen molar-refractivity contribution in [3.05, 3.63) is 28.5 Å². The Labute approximate surface area is 158 Å². The number of methoxy groups -OCH3 is 3. The average molecular weight is 381 g/mol. The molecule has 0 saturated carbocycles.